The van der Waals surface area contributed by atoms with E-state index in [1.165, 1.54) is 6.33 Å². The maximum atomic E-state index is 13.0. The van der Waals surface area contributed by atoms with E-state index in [1.54, 1.807) is 22.1 Å². The molecule has 0 saturated carbocycles. The molecule has 0 radical (unpaired) electrons. The van der Waals surface area contributed by atoms with Crippen molar-refractivity contribution in [3.05, 3.63) is 48.4 Å². The van der Waals surface area contributed by atoms with Gasteiger partial charge in [-0.2, -0.15) is 4.31 Å². The summed E-state index contributed by atoms with van der Waals surface area (Å²) in [5.74, 6) is 0.122. The van der Waals surface area contributed by atoms with Crippen molar-refractivity contribution in [2.75, 3.05) is 19.6 Å². The molecule has 1 fully saturated rings. The number of hydrogen-bond donors (Lipinski definition) is 1. The summed E-state index contributed by atoms with van der Waals surface area (Å²) in [4.78, 5) is 4.05. The van der Waals surface area contributed by atoms with Gasteiger partial charge in [-0.15, -0.1) is 0 Å². The Kier molecular flexibility index (Phi) is 5.23. The Morgan fingerprint density at radius 1 is 1.19 bits per heavy atom. The van der Waals surface area contributed by atoms with Gasteiger partial charge in [0.15, 0.2) is 5.03 Å². The molecule has 2 aromatic rings. The molecule has 2 unspecified atom stereocenters. The second-order valence-corrected chi connectivity index (χ2v) is 10.1. The van der Waals surface area contributed by atoms with Crippen LogP contribution in [0.4, 0.5) is 0 Å². The molecule has 2 heterocycles. The lowest BCUT2D eigenvalue weighted by atomic mass is 9.92. The lowest BCUT2D eigenvalue weighted by molar-refractivity contribution is 0.344. The normalized spacial score (nSPS) is 22.0. The van der Waals surface area contributed by atoms with E-state index in [-0.39, 0.29) is 22.4 Å². The molecule has 2 atom stereocenters. The minimum absolute atomic E-state index is 0.0788. The van der Waals surface area contributed by atoms with E-state index >= 15 is 0 Å². The first-order valence-electron chi connectivity index (χ1n) is 8.93. The molecular weight excluding hydrogens is 348 g/mol. The Morgan fingerprint density at radius 3 is 2.46 bits per heavy atom. The fourth-order valence-electron chi connectivity index (χ4n) is 3.30. The number of sulfonamides is 1. The van der Waals surface area contributed by atoms with Crippen molar-refractivity contribution in [2.24, 2.45) is 12.5 Å². The quantitative estimate of drug-likeness (QED) is 0.869. The van der Waals surface area contributed by atoms with Crippen LogP contribution < -0.4 is 5.32 Å². The van der Waals surface area contributed by atoms with Crippen LogP contribution in [0.2, 0.25) is 0 Å². The minimum atomic E-state index is -3.58. The van der Waals surface area contributed by atoms with Crippen molar-refractivity contribution in [1.82, 2.24) is 19.2 Å². The van der Waals surface area contributed by atoms with Crippen LogP contribution >= 0.6 is 0 Å². The maximum Gasteiger partial charge on any atom is 0.262 e. The van der Waals surface area contributed by atoms with Gasteiger partial charge in [-0.3, -0.25) is 0 Å². The van der Waals surface area contributed by atoms with Gasteiger partial charge in [0.05, 0.1) is 6.33 Å². The van der Waals surface area contributed by atoms with Crippen LogP contribution in [-0.4, -0.2) is 48.0 Å². The average molecular weight is 377 g/mol. The third kappa shape index (κ3) is 4.16. The van der Waals surface area contributed by atoms with Crippen molar-refractivity contribution in [3.63, 3.8) is 0 Å². The third-order valence-electron chi connectivity index (χ3n) is 4.69. The number of aromatic nitrogens is 2. The highest BCUT2D eigenvalue weighted by molar-refractivity contribution is 7.89. The van der Waals surface area contributed by atoms with E-state index in [0.29, 0.717) is 13.1 Å². The summed E-state index contributed by atoms with van der Waals surface area (Å²) in [5, 5.41) is 3.71. The second kappa shape index (κ2) is 7.13. The highest BCUT2D eigenvalue weighted by Crippen LogP contribution is 2.31. The monoisotopic (exact) mass is 376 g/mol. The number of aryl methyl sites for hydroxylation is 1. The summed E-state index contributed by atoms with van der Waals surface area (Å²) in [7, 11) is -1.81. The van der Waals surface area contributed by atoms with Crippen LogP contribution in [0.25, 0.3) is 0 Å². The van der Waals surface area contributed by atoms with Gasteiger partial charge in [0, 0.05) is 44.8 Å². The molecule has 6 nitrogen and oxygen atoms in total. The van der Waals surface area contributed by atoms with Crippen molar-refractivity contribution >= 4 is 10.0 Å². The van der Waals surface area contributed by atoms with E-state index in [9.17, 15) is 8.42 Å². The fourth-order valence-corrected chi connectivity index (χ4v) is 4.76. The summed E-state index contributed by atoms with van der Waals surface area (Å²) in [5.41, 5.74) is 1.30. The summed E-state index contributed by atoms with van der Waals surface area (Å²) in [6, 6.07) is 10.2. The van der Waals surface area contributed by atoms with Crippen LogP contribution in [-0.2, 0) is 17.1 Å². The Balaban J connectivity index is 1.86. The first-order chi connectivity index (χ1) is 12.2. The van der Waals surface area contributed by atoms with Crippen molar-refractivity contribution in [2.45, 2.75) is 37.8 Å². The van der Waals surface area contributed by atoms with Crippen molar-refractivity contribution in [1.29, 1.82) is 0 Å². The molecule has 1 aromatic heterocycles. The molecule has 26 heavy (non-hydrogen) atoms. The topological polar surface area (TPSA) is 67.2 Å². The summed E-state index contributed by atoms with van der Waals surface area (Å²) in [6.07, 6.45) is 3.08. The van der Waals surface area contributed by atoms with Crippen LogP contribution in [0.3, 0.4) is 0 Å². The Hall–Kier alpha value is -1.70. The molecule has 0 bridgehead atoms. The lowest BCUT2D eigenvalue weighted by Gasteiger charge is -2.25. The van der Waals surface area contributed by atoms with E-state index in [1.807, 2.05) is 18.2 Å². The van der Waals surface area contributed by atoms with Gasteiger partial charge < -0.3 is 9.88 Å². The largest absolute Gasteiger partial charge is 0.339 e. The molecule has 0 aliphatic carbocycles. The smallest absolute Gasteiger partial charge is 0.262 e. The number of benzene rings is 1. The van der Waals surface area contributed by atoms with Crippen LogP contribution in [0.5, 0.6) is 0 Å². The van der Waals surface area contributed by atoms with Crippen molar-refractivity contribution < 1.29 is 8.42 Å². The molecular formula is C19H28N4O2S. The summed E-state index contributed by atoms with van der Waals surface area (Å²) < 4.78 is 29.2. The molecule has 142 valence electrons. The predicted molar refractivity (Wildman–Crippen MR) is 102 cm³/mol. The minimum Gasteiger partial charge on any atom is -0.339 e. The summed E-state index contributed by atoms with van der Waals surface area (Å²) in [6.45, 7) is 8.27. The Labute approximate surface area is 156 Å². The molecule has 1 N–H and O–H groups in total. The number of hydrogen-bond acceptors (Lipinski definition) is 4. The van der Waals surface area contributed by atoms with Gasteiger partial charge >= 0.3 is 0 Å². The first kappa shape index (κ1) is 19.1. The third-order valence-corrected chi connectivity index (χ3v) is 6.41. The molecule has 7 heteroatoms. The van der Waals surface area contributed by atoms with E-state index in [0.717, 1.165) is 12.1 Å². The van der Waals surface area contributed by atoms with Crippen LogP contribution in [0.1, 0.15) is 32.3 Å². The fraction of sp³-hybridized carbons (Fsp3) is 0.526. The number of rotatable bonds is 5. The molecule has 1 aliphatic heterocycles. The SMILES string of the molecule is Cn1cnc(S(=O)(=O)N2CC(NCC(C)(C)C)C(c3ccccc3)C2)c1. The first-order valence-corrected chi connectivity index (χ1v) is 10.4. The zero-order valence-electron chi connectivity index (χ0n) is 15.9. The molecule has 0 spiro atoms. The van der Waals surface area contributed by atoms with Crippen LogP contribution in [0, 0.1) is 5.41 Å². The molecule has 1 aliphatic rings. The maximum absolute atomic E-state index is 13.0. The second-order valence-electron chi connectivity index (χ2n) is 8.26. The Bertz CT molecular complexity index is 840. The van der Waals surface area contributed by atoms with Gasteiger partial charge in [-0.05, 0) is 11.0 Å². The summed E-state index contributed by atoms with van der Waals surface area (Å²) >= 11 is 0. The highest BCUT2D eigenvalue weighted by atomic mass is 32.2. The van der Waals surface area contributed by atoms with Gasteiger partial charge in [0.1, 0.15) is 0 Å². The van der Waals surface area contributed by atoms with Gasteiger partial charge in [-0.1, -0.05) is 51.1 Å². The Morgan fingerprint density at radius 2 is 1.88 bits per heavy atom. The van der Waals surface area contributed by atoms with Crippen LogP contribution in [0.15, 0.2) is 47.9 Å². The van der Waals surface area contributed by atoms with Gasteiger partial charge in [-0.25, -0.2) is 13.4 Å². The van der Waals surface area contributed by atoms with Gasteiger partial charge in [0.25, 0.3) is 10.0 Å². The van der Waals surface area contributed by atoms with Crippen molar-refractivity contribution in [3.8, 4) is 0 Å². The molecule has 3 rings (SSSR count). The standard InChI is InChI=1S/C19H28N4O2S/c1-19(2,3)13-20-17-11-23(10-16(17)15-8-6-5-7-9-15)26(24,25)18-12-22(4)14-21-18/h5-9,12,14,16-17,20H,10-11,13H2,1-4H3. The zero-order valence-corrected chi connectivity index (χ0v) is 16.7. The van der Waals surface area contributed by atoms with Gasteiger partial charge in [0.2, 0.25) is 0 Å². The molecule has 1 saturated heterocycles. The number of imidazole rings is 1. The predicted octanol–water partition coefficient (Wildman–Crippen LogP) is 2.21. The lowest BCUT2D eigenvalue weighted by Crippen LogP contribution is -2.40. The zero-order chi connectivity index (χ0) is 18.9. The van der Waals surface area contributed by atoms with E-state index < -0.39 is 10.0 Å². The van der Waals surface area contributed by atoms with E-state index in [4.69, 9.17) is 0 Å². The average Bonchev–Trinajstić information content (AvgIpc) is 3.20. The molecule has 1 aromatic carbocycles. The highest BCUT2D eigenvalue weighted by Gasteiger charge is 2.40. The van der Waals surface area contributed by atoms with E-state index in [2.05, 4.69) is 43.2 Å². The number of nitrogens with zero attached hydrogens (tertiary/aromatic N) is 3. The molecule has 0 amide bonds. The number of nitrogens with one attached hydrogen (secondary N) is 1.